The summed E-state index contributed by atoms with van der Waals surface area (Å²) in [6.45, 7) is 15.8. The molecule has 0 unspecified atom stereocenters. The van der Waals surface area contributed by atoms with Crippen molar-refractivity contribution < 1.29 is 8.94 Å². The molecule has 0 radical (unpaired) electrons. The number of hydrogen-bond acceptors (Lipinski definition) is 18. The largest absolute Gasteiger partial charge is 0.452 e. The molecule has 11 aromatic rings. The van der Waals surface area contributed by atoms with E-state index in [9.17, 15) is 0 Å². The van der Waals surface area contributed by atoms with E-state index in [4.69, 9.17) is 0 Å². The number of oxazole rings is 1. The highest BCUT2D eigenvalue weighted by Crippen LogP contribution is 2.01. The zero-order valence-corrected chi connectivity index (χ0v) is 44.0. The number of aryl methyl sites for hydroxylation is 11. The average molecular weight is 1010 g/mol. The van der Waals surface area contributed by atoms with Gasteiger partial charge in [-0.1, -0.05) is 5.16 Å². The summed E-state index contributed by atoms with van der Waals surface area (Å²) in [5.74, 6) is 0. The van der Waals surface area contributed by atoms with Crippen LogP contribution in [0.25, 0.3) is 0 Å². The predicted molar refractivity (Wildman–Crippen MR) is 275 cm³/mol. The lowest BCUT2D eigenvalue weighted by atomic mass is 10.5. The molecule has 0 spiro atoms. The summed E-state index contributed by atoms with van der Waals surface area (Å²) < 4.78 is 26.4. The number of rotatable bonds is 0. The molecule has 11 rings (SSSR count). The molecule has 21 heteroatoms. The Kier molecular flexibility index (Phi) is 34.5. The lowest BCUT2D eigenvalue weighted by molar-refractivity contribution is 0.415. The van der Waals surface area contributed by atoms with Gasteiger partial charge in [0.25, 0.3) is 0 Å². The Morgan fingerprint density at radius 1 is 0.591 bits per heavy atom. The van der Waals surface area contributed by atoms with Gasteiger partial charge >= 0.3 is 0 Å². The SMILES string of the molecule is Cc1ccns1.Cc1ccon1.Cc1ccsn1.Cc1cncs1.Cc1cnsc1.Cc1cocn1.Cc1cscn1.Cc1nccs1.Cn1cccc1.Cn1cccn1.Cn1ccnc1. The standard InChI is InChI=1S/C5H7N.2C4H6N2.2C4H5NO.6C4H5NS/c1-6-4-2-3-5-6;1-6-3-2-5-4-6;1-6-4-2-3-5-6;1-4-2-6-3-5-4;1-4-2-3-6-5-4;1-4-2-6-3-5-4;1-4-2-5-3-6-4;1-4-2-5-6-3-4;1-4-5-2-3-6-4;1-4-2-3-6-5-4;1-4-2-3-5-6-4/h2-5H,1H3;2*2-4H,1H3;8*2-3H,1H3. The monoisotopic (exact) mass is 1010 g/mol. The van der Waals surface area contributed by atoms with Gasteiger partial charge in [-0.25, -0.2) is 18.7 Å². The van der Waals surface area contributed by atoms with Gasteiger partial charge in [-0.15, -0.1) is 34.0 Å². The zero-order valence-electron chi connectivity index (χ0n) is 39.1. The maximum atomic E-state index is 4.60. The number of aromatic nitrogens is 13. The van der Waals surface area contributed by atoms with Gasteiger partial charge in [-0.2, -0.15) is 9.47 Å². The minimum atomic E-state index is 0.926. The number of nitrogens with zero attached hydrogens (tertiary/aromatic N) is 13. The fourth-order valence-corrected chi connectivity index (χ4v) is 6.16. The van der Waals surface area contributed by atoms with E-state index in [1.54, 1.807) is 88.4 Å². The highest BCUT2D eigenvalue weighted by atomic mass is 32.1. The van der Waals surface area contributed by atoms with Gasteiger partial charge in [-0.3, -0.25) is 19.6 Å². The van der Waals surface area contributed by atoms with E-state index in [2.05, 4.69) is 57.2 Å². The molecular weight excluding hydrogens is 947 g/mol. The Morgan fingerprint density at radius 3 is 1.56 bits per heavy atom. The second-order valence-corrected chi connectivity index (χ2v) is 18.1. The van der Waals surface area contributed by atoms with Crippen LogP contribution < -0.4 is 0 Å². The van der Waals surface area contributed by atoms with Crippen LogP contribution in [-0.2, 0) is 21.1 Å². The van der Waals surface area contributed by atoms with Crippen LogP contribution in [0.3, 0.4) is 0 Å². The van der Waals surface area contributed by atoms with E-state index in [1.165, 1.54) is 56.3 Å². The van der Waals surface area contributed by atoms with Gasteiger partial charge in [-0.05, 0) is 126 Å². The molecule has 0 amide bonds. The molecule has 0 saturated carbocycles. The molecule has 0 N–H and O–H groups in total. The zero-order chi connectivity index (χ0) is 48.5. The molecule has 0 aromatic carbocycles. The first-order valence-corrected chi connectivity index (χ1v) is 24.8. The van der Waals surface area contributed by atoms with E-state index in [0.717, 1.165) is 27.8 Å². The number of thiazole rings is 3. The third-order valence-corrected chi connectivity index (χ3v) is 10.6. The highest BCUT2D eigenvalue weighted by molar-refractivity contribution is 7.09. The topological polar surface area (TPSA) is 170 Å². The lowest BCUT2D eigenvalue weighted by Crippen LogP contribution is -1.83. The molecule has 0 atom stereocenters. The molecule has 15 nitrogen and oxygen atoms in total. The van der Waals surface area contributed by atoms with E-state index < -0.39 is 0 Å². The summed E-state index contributed by atoms with van der Waals surface area (Å²) in [4.78, 5) is 21.8. The van der Waals surface area contributed by atoms with E-state index in [1.807, 2.05) is 186 Å². The fraction of sp³-hybridized carbons (Fsp3) is 0.244. The van der Waals surface area contributed by atoms with Crippen molar-refractivity contribution in [2.75, 3.05) is 0 Å². The van der Waals surface area contributed by atoms with Crippen molar-refractivity contribution in [3.05, 3.63) is 199 Å². The van der Waals surface area contributed by atoms with Gasteiger partial charge in [0.2, 0.25) is 0 Å². The first-order valence-electron chi connectivity index (χ1n) is 19.6. The molecule has 11 aromatic heterocycles. The van der Waals surface area contributed by atoms with Crippen molar-refractivity contribution in [3.8, 4) is 0 Å². The molecular formula is C45H59N13O2S6. The van der Waals surface area contributed by atoms with Crippen LogP contribution in [0.5, 0.6) is 0 Å². The summed E-state index contributed by atoms with van der Waals surface area (Å²) in [7, 11) is 5.83. The van der Waals surface area contributed by atoms with Gasteiger partial charge < -0.3 is 18.1 Å². The van der Waals surface area contributed by atoms with Gasteiger partial charge in [0, 0.05) is 126 Å². The van der Waals surface area contributed by atoms with Crippen molar-refractivity contribution in [1.29, 1.82) is 0 Å². The molecule has 0 fully saturated rings. The Balaban J connectivity index is 0.000000363. The van der Waals surface area contributed by atoms with Gasteiger partial charge in [0.05, 0.1) is 39.4 Å². The summed E-state index contributed by atoms with van der Waals surface area (Å²) in [6, 6.07) is 11.7. The smallest absolute Gasteiger partial charge is 0.180 e. The third-order valence-electron chi connectivity index (χ3n) is 6.51. The molecule has 352 valence electrons. The second kappa shape index (κ2) is 39.3. The first kappa shape index (κ1) is 57.9. The summed E-state index contributed by atoms with van der Waals surface area (Å²) in [5.41, 5.74) is 8.98. The average Bonchev–Trinajstić information content (AvgIpc) is 4.13. The molecule has 0 saturated heterocycles. The fourth-order valence-electron chi connectivity index (χ4n) is 3.29. The summed E-state index contributed by atoms with van der Waals surface area (Å²) in [5, 5.41) is 16.5. The maximum Gasteiger partial charge on any atom is 0.180 e. The number of imidazole rings is 1. The maximum absolute atomic E-state index is 4.60. The van der Waals surface area contributed by atoms with E-state index >= 15 is 0 Å². The van der Waals surface area contributed by atoms with Crippen LogP contribution >= 0.6 is 68.6 Å². The van der Waals surface area contributed by atoms with Crippen LogP contribution in [-0.4, -0.2) is 62.1 Å². The van der Waals surface area contributed by atoms with Crippen molar-refractivity contribution in [2.45, 2.75) is 55.4 Å². The molecule has 66 heavy (non-hydrogen) atoms. The van der Waals surface area contributed by atoms with Crippen molar-refractivity contribution >= 4 is 68.6 Å². The third kappa shape index (κ3) is 37.3. The van der Waals surface area contributed by atoms with Gasteiger partial charge in [0.1, 0.15) is 12.5 Å². The van der Waals surface area contributed by atoms with Crippen LogP contribution in [0, 0.1) is 55.4 Å². The van der Waals surface area contributed by atoms with Crippen LogP contribution in [0.15, 0.2) is 165 Å². The second-order valence-electron chi connectivity index (χ2n) is 12.8. The Bertz CT molecular complexity index is 1840. The lowest BCUT2D eigenvalue weighted by Gasteiger charge is -1.79. The summed E-state index contributed by atoms with van der Waals surface area (Å²) >= 11 is 9.47. The Labute approximate surface area is 412 Å². The summed E-state index contributed by atoms with van der Waals surface area (Å²) in [6.07, 6.45) is 24.9. The van der Waals surface area contributed by atoms with Crippen molar-refractivity contribution in [3.63, 3.8) is 0 Å². The minimum absolute atomic E-state index is 0.926. The van der Waals surface area contributed by atoms with Gasteiger partial charge in [0.15, 0.2) is 6.39 Å². The normalized spacial score (nSPS) is 8.83. The molecule has 0 bridgehead atoms. The van der Waals surface area contributed by atoms with Crippen molar-refractivity contribution in [2.24, 2.45) is 21.1 Å². The number of hydrogen-bond donors (Lipinski definition) is 0. The van der Waals surface area contributed by atoms with Crippen molar-refractivity contribution in [1.82, 2.24) is 62.1 Å². The van der Waals surface area contributed by atoms with Crippen LogP contribution in [0.2, 0.25) is 0 Å². The molecule has 11 heterocycles. The highest BCUT2D eigenvalue weighted by Gasteiger charge is 1.81. The van der Waals surface area contributed by atoms with E-state index in [-0.39, 0.29) is 0 Å². The Morgan fingerprint density at radius 2 is 1.39 bits per heavy atom. The molecule has 0 aliphatic heterocycles. The Hall–Kier alpha value is -6.10. The van der Waals surface area contributed by atoms with Crippen LogP contribution in [0.4, 0.5) is 0 Å². The molecule has 0 aliphatic rings. The van der Waals surface area contributed by atoms with Crippen LogP contribution in [0.1, 0.15) is 43.1 Å². The minimum Gasteiger partial charge on any atom is -0.452 e. The quantitative estimate of drug-likeness (QED) is 0.141. The predicted octanol–water partition coefficient (Wildman–Crippen LogP) is 12.5. The first-order chi connectivity index (χ1) is 31.8. The molecule has 0 aliphatic carbocycles. The van der Waals surface area contributed by atoms with E-state index in [0.29, 0.717) is 0 Å².